The fourth-order valence-electron chi connectivity index (χ4n) is 0.614. The molecule has 0 unspecified atom stereocenters. The molecule has 0 bridgehead atoms. The highest BCUT2D eigenvalue weighted by Crippen LogP contribution is 2.00. The summed E-state index contributed by atoms with van der Waals surface area (Å²) in [6.07, 6.45) is 2.02. The van der Waals surface area contributed by atoms with Crippen LogP contribution in [0.3, 0.4) is 0 Å². The van der Waals surface area contributed by atoms with Gasteiger partial charge in [-0.3, -0.25) is 15.1 Å². The summed E-state index contributed by atoms with van der Waals surface area (Å²) in [5.74, 6) is -0.348. The number of carbonyl (C=O) groups is 1. The zero-order valence-electron chi connectivity index (χ0n) is 4.89. The van der Waals surface area contributed by atoms with Gasteiger partial charge in [-0.25, -0.2) is 0 Å². The van der Waals surface area contributed by atoms with Gasteiger partial charge in [0.1, 0.15) is 0 Å². The molecule has 0 fully saturated rings. The zero-order chi connectivity index (χ0) is 6.69. The maximum atomic E-state index is 10.2. The molecule has 1 rings (SSSR count). The highest BCUT2D eigenvalue weighted by Gasteiger charge is 2.05. The summed E-state index contributed by atoms with van der Waals surface area (Å²) < 4.78 is 0. The molecule has 0 aromatic carbocycles. The summed E-state index contributed by atoms with van der Waals surface area (Å²) >= 11 is 0. The van der Waals surface area contributed by atoms with Crippen molar-refractivity contribution in [2.24, 2.45) is 5.73 Å². The molecule has 0 saturated heterocycles. The maximum Gasteiger partial charge on any atom is 0.223 e. The third-order valence-electron chi connectivity index (χ3n) is 0.981. The summed E-state index contributed by atoms with van der Waals surface area (Å²) in [7, 11) is 0. The molecule has 0 aromatic heterocycles. The zero-order valence-corrected chi connectivity index (χ0v) is 4.89. The van der Waals surface area contributed by atoms with Crippen LogP contribution in [-0.2, 0) is 9.63 Å². The van der Waals surface area contributed by atoms with Gasteiger partial charge in [0.2, 0.25) is 5.91 Å². The van der Waals surface area contributed by atoms with Crippen LogP contribution >= 0.6 is 0 Å². The second kappa shape index (κ2) is 2.50. The molecular formula is C5H8N2O2. The van der Waals surface area contributed by atoms with Crippen molar-refractivity contribution >= 4 is 5.91 Å². The monoisotopic (exact) mass is 128 g/mol. The number of nitrogens with one attached hydrogen (secondary N) is 1. The number of hydroxylamine groups is 1. The summed E-state index contributed by atoms with van der Waals surface area (Å²) in [4.78, 5) is 14.9. The van der Waals surface area contributed by atoms with Crippen LogP contribution in [0.15, 0.2) is 11.8 Å². The molecule has 50 valence electrons. The van der Waals surface area contributed by atoms with Gasteiger partial charge in [0.25, 0.3) is 0 Å². The first-order valence-electron chi connectivity index (χ1n) is 2.64. The molecule has 1 amide bonds. The van der Waals surface area contributed by atoms with E-state index in [9.17, 15) is 4.79 Å². The third-order valence-corrected chi connectivity index (χ3v) is 0.981. The summed E-state index contributed by atoms with van der Waals surface area (Å²) in [5, 5.41) is 0. The standard InChI is InChI=1S/C5H8N2O2/c6-5(8)3-4-1-2-9-7-4/h1,7H,2-3H2,(H2,6,8). The average molecular weight is 128 g/mol. The van der Waals surface area contributed by atoms with Crippen molar-refractivity contribution in [1.82, 2.24) is 5.48 Å². The number of hydrogen-bond donors (Lipinski definition) is 2. The highest BCUT2D eigenvalue weighted by atomic mass is 16.6. The first-order valence-corrected chi connectivity index (χ1v) is 2.64. The minimum Gasteiger partial charge on any atom is -0.369 e. The summed E-state index contributed by atoms with van der Waals surface area (Å²) in [6.45, 7) is 0.516. The number of amides is 1. The summed E-state index contributed by atoms with van der Waals surface area (Å²) in [6, 6.07) is 0. The number of carbonyl (C=O) groups excluding carboxylic acids is 1. The third kappa shape index (κ3) is 1.73. The first kappa shape index (κ1) is 6.10. The Morgan fingerprint density at radius 2 is 2.78 bits per heavy atom. The van der Waals surface area contributed by atoms with E-state index >= 15 is 0 Å². The Balaban J connectivity index is 2.35. The lowest BCUT2D eigenvalue weighted by atomic mass is 10.3. The summed E-state index contributed by atoms with van der Waals surface area (Å²) in [5.41, 5.74) is 8.20. The lowest BCUT2D eigenvalue weighted by molar-refractivity contribution is -0.117. The quantitative estimate of drug-likeness (QED) is 0.516. The van der Waals surface area contributed by atoms with E-state index < -0.39 is 0 Å². The molecule has 3 N–H and O–H groups in total. The first-order chi connectivity index (χ1) is 4.29. The molecule has 4 nitrogen and oxygen atoms in total. The van der Waals surface area contributed by atoms with Gasteiger partial charge in [-0.05, 0) is 6.08 Å². The van der Waals surface area contributed by atoms with Crippen molar-refractivity contribution in [2.75, 3.05) is 6.61 Å². The molecule has 1 heterocycles. The second-order valence-electron chi connectivity index (χ2n) is 1.79. The van der Waals surface area contributed by atoms with Crippen LogP contribution in [-0.4, -0.2) is 12.5 Å². The van der Waals surface area contributed by atoms with Gasteiger partial charge in [-0.2, -0.15) is 0 Å². The fraction of sp³-hybridized carbons (Fsp3) is 0.400. The van der Waals surface area contributed by atoms with Gasteiger partial charge in [-0.15, -0.1) is 0 Å². The largest absolute Gasteiger partial charge is 0.369 e. The van der Waals surface area contributed by atoms with Gasteiger partial charge in [0.05, 0.1) is 13.0 Å². The number of hydrogen-bond acceptors (Lipinski definition) is 3. The molecule has 1 aliphatic rings. The Kier molecular flexibility index (Phi) is 1.69. The van der Waals surface area contributed by atoms with E-state index in [0.29, 0.717) is 6.61 Å². The Morgan fingerprint density at radius 1 is 2.00 bits per heavy atom. The molecule has 0 spiro atoms. The van der Waals surface area contributed by atoms with E-state index in [1.165, 1.54) is 0 Å². The minimum atomic E-state index is -0.348. The van der Waals surface area contributed by atoms with E-state index in [1.54, 1.807) is 6.08 Å². The molecule has 0 aliphatic carbocycles. The van der Waals surface area contributed by atoms with Gasteiger partial charge in [0, 0.05) is 5.70 Å². The Hall–Kier alpha value is -1.03. The van der Waals surface area contributed by atoms with Crippen molar-refractivity contribution in [3.05, 3.63) is 11.8 Å². The van der Waals surface area contributed by atoms with Gasteiger partial charge in [0.15, 0.2) is 0 Å². The van der Waals surface area contributed by atoms with E-state index in [-0.39, 0.29) is 12.3 Å². The molecule has 0 aromatic rings. The van der Waals surface area contributed by atoms with Gasteiger partial charge < -0.3 is 5.73 Å². The van der Waals surface area contributed by atoms with Crippen molar-refractivity contribution in [3.8, 4) is 0 Å². The van der Waals surface area contributed by atoms with E-state index in [1.807, 2.05) is 0 Å². The molecule has 9 heavy (non-hydrogen) atoms. The second-order valence-corrected chi connectivity index (χ2v) is 1.79. The number of primary amides is 1. The van der Waals surface area contributed by atoms with Crippen molar-refractivity contribution < 1.29 is 9.63 Å². The predicted octanol–water partition coefficient (Wildman–Crippen LogP) is -0.720. The Labute approximate surface area is 52.6 Å². The molecule has 0 saturated carbocycles. The molecule has 4 heteroatoms. The lowest BCUT2D eigenvalue weighted by Crippen LogP contribution is -2.16. The Morgan fingerprint density at radius 3 is 3.22 bits per heavy atom. The lowest BCUT2D eigenvalue weighted by Gasteiger charge is -1.96. The van der Waals surface area contributed by atoms with Crippen molar-refractivity contribution in [2.45, 2.75) is 6.42 Å². The normalized spacial score (nSPS) is 16.7. The van der Waals surface area contributed by atoms with Crippen molar-refractivity contribution in [3.63, 3.8) is 0 Å². The Bertz CT molecular complexity index is 153. The highest BCUT2D eigenvalue weighted by molar-refractivity contribution is 5.76. The smallest absolute Gasteiger partial charge is 0.223 e. The van der Waals surface area contributed by atoms with Crippen LogP contribution in [0.2, 0.25) is 0 Å². The minimum absolute atomic E-state index is 0.236. The van der Waals surface area contributed by atoms with Crippen LogP contribution in [0.1, 0.15) is 6.42 Å². The van der Waals surface area contributed by atoms with Crippen LogP contribution in [0, 0.1) is 0 Å². The van der Waals surface area contributed by atoms with E-state index in [2.05, 4.69) is 5.48 Å². The van der Waals surface area contributed by atoms with Crippen LogP contribution in [0.4, 0.5) is 0 Å². The van der Waals surface area contributed by atoms with Gasteiger partial charge in [-0.1, -0.05) is 0 Å². The average Bonchev–Trinajstić information content (AvgIpc) is 2.15. The predicted molar refractivity (Wildman–Crippen MR) is 31.0 cm³/mol. The molecule has 0 atom stereocenters. The fourth-order valence-corrected chi connectivity index (χ4v) is 0.614. The molecule has 0 radical (unpaired) electrons. The van der Waals surface area contributed by atoms with E-state index in [4.69, 9.17) is 10.6 Å². The molecule has 1 aliphatic heterocycles. The number of rotatable bonds is 2. The molecular weight excluding hydrogens is 120 g/mol. The van der Waals surface area contributed by atoms with Crippen LogP contribution in [0.25, 0.3) is 0 Å². The topological polar surface area (TPSA) is 64.4 Å². The van der Waals surface area contributed by atoms with Crippen LogP contribution in [0.5, 0.6) is 0 Å². The SMILES string of the molecule is NC(=O)CC1=CCON1. The van der Waals surface area contributed by atoms with Gasteiger partial charge >= 0.3 is 0 Å². The van der Waals surface area contributed by atoms with Crippen LogP contribution < -0.4 is 11.2 Å². The number of nitrogens with two attached hydrogens (primary N) is 1. The van der Waals surface area contributed by atoms with Crippen molar-refractivity contribution in [1.29, 1.82) is 0 Å². The maximum absolute atomic E-state index is 10.2. The van der Waals surface area contributed by atoms with E-state index in [0.717, 1.165) is 5.70 Å².